The maximum atomic E-state index is 13.1. The summed E-state index contributed by atoms with van der Waals surface area (Å²) < 4.78 is 8.74. The number of carbonyl (C=O) groups excluding carboxylic acids is 2. The Morgan fingerprint density at radius 2 is 1.78 bits per heavy atom. The molecule has 2 aliphatic rings. The van der Waals surface area contributed by atoms with Crippen LogP contribution in [-0.4, -0.2) is 65.9 Å². The molecule has 0 spiro atoms. The van der Waals surface area contributed by atoms with Crippen LogP contribution in [0.1, 0.15) is 49.0 Å². The summed E-state index contributed by atoms with van der Waals surface area (Å²) in [5.41, 5.74) is 2.24. The van der Waals surface area contributed by atoms with Gasteiger partial charge in [-0.2, -0.15) is 0 Å². The fourth-order valence-corrected chi connectivity index (χ4v) is 5.06. The van der Waals surface area contributed by atoms with Crippen LogP contribution in [0.15, 0.2) is 49.3 Å². The predicted molar refractivity (Wildman–Crippen MR) is 153 cm³/mol. The molecule has 2 aliphatic carbocycles. The first-order valence-corrected chi connectivity index (χ1v) is 14.1. The lowest BCUT2D eigenvalue weighted by Crippen LogP contribution is -2.40. The van der Waals surface area contributed by atoms with Crippen LogP contribution in [0.5, 0.6) is 0 Å². The van der Waals surface area contributed by atoms with Gasteiger partial charge in [0.2, 0.25) is 0 Å². The van der Waals surface area contributed by atoms with E-state index in [0.29, 0.717) is 35.4 Å². The molecule has 214 valence electrons. The minimum atomic E-state index is -0.399. The van der Waals surface area contributed by atoms with Crippen molar-refractivity contribution < 1.29 is 14.3 Å². The smallest absolute Gasteiger partial charge is 0.407 e. The Bertz CT molecular complexity index is 1510. The highest BCUT2D eigenvalue weighted by Gasteiger charge is 2.26. The summed E-state index contributed by atoms with van der Waals surface area (Å²) in [6.45, 7) is 0.854. The maximum Gasteiger partial charge on any atom is 0.407 e. The predicted octanol–water partition coefficient (Wildman–Crippen LogP) is 3.95. The van der Waals surface area contributed by atoms with Gasteiger partial charge < -0.3 is 30.6 Å². The van der Waals surface area contributed by atoms with Crippen LogP contribution in [0.2, 0.25) is 5.15 Å². The van der Waals surface area contributed by atoms with Gasteiger partial charge in [0.05, 0.1) is 24.8 Å². The number of anilines is 3. The quantitative estimate of drug-likeness (QED) is 0.205. The summed E-state index contributed by atoms with van der Waals surface area (Å²) in [5.74, 6) is 0.292. The number of nitrogens with one attached hydrogen (secondary N) is 4. The third-order valence-electron chi connectivity index (χ3n) is 7.16. The average molecular weight is 579 g/mol. The van der Waals surface area contributed by atoms with E-state index in [9.17, 15) is 9.59 Å². The van der Waals surface area contributed by atoms with Crippen molar-refractivity contribution in [2.24, 2.45) is 0 Å². The molecule has 41 heavy (non-hydrogen) atoms. The van der Waals surface area contributed by atoms with E-state index in [1.807, 2.05) is 16.8 Å². The van der Waals surface area contributed by atoms with Crippen LogP contribution >= 0.6 is 11.6 Å². The van der Waals surface area contributed by atoms with Gasteiger partial charge >= 0.3 is 6.09 Å². The third-order valence-corrected chi connectivity index (χ3v) is 7.37. The van der Waals surface area contributed by atoms with Crippen molar-refractivity contribution in [3.8, 4) is 0 Å². The molecule has 0 saturated heterocycles. The maximum absolute atomic E-state index is 13.1. The summed E-state index contributed by atoms with van der Waals surface area (Å²) >= 11 is 5.97. The number of fused-ring (bicyclic) bond motifs is 1. The second kappa shape index (κ2) is 12.0. The molecule has 4 aromatic rings. The molecule has 0 atom stereocenters. The number of nitrogens with zero attached hydrogens (tertiary/aromatic N) is 6. The molecule has 0 aliphatic heterocycles. The molecule has 4 N–H and O–H groups in total. The van der Waals surface area contributed by atoms with Crippen molar-refractivity contribution in [3.63, 3.8) is 0 Å². The Morgan fingerprint density at radius 3 is 2.54 bits per heavy atom. The minimum absolute atomic E-state index is 0.0574. The number of hydrogen-bond acceptors (Lipinski definition) is 9. The zero-order chi connectivity index (χ0) is 28.2. The van der Waals surface area contributed by atoms with Gasteiger partial charge in [-0.05, 0) is 50.7 Å². The lowest BCUT2D eigenvalue weighted by atomic mass is 9.91. The molecule has 2 fully saturated rings. The molecule has 0 unspecified atom stereocenters. The summed E-state index contributed by atoms with van der Waals surface area (Å²) in [5, 5.41) is 17.9. The lowest BCUT2D eigenvalue weighted by Gasteiger charge is -2.29. The average Bonchev–Trinajstić information content (AvgIpc) is 3.41. The van der Waals surface area contributed by atoms with Gasteiger partial charge in [-0.1, -0.05) is 11.6 Å². The van der Waals surface area contributed by atoms with E-state index in [0.717, 1.165) is 44.2 Å². The largest absolute Gasteiger partial charge is 0.448 e. The number of carbonyl (C=O) groups is 2. The fraction of sp³-hybridized carbons (Fsp3) is 0.407. The third kappa shape index (κ3) is 6.85. The van der Waals surface area contributed by atoms with E-state index in [1.54, 1.807) is 29.2 Å². The number of hydrogen-bond donors (Lipinski definition) is 4. The number of pyridine rings is 1. The first-order chi connectivity index (χ1) is 20.0. The number of ether oxygens (including phenoxy) is 1. The van der Waals surface area contributed by atoms with Gasteiger partial charge in [-0.25, -0.2) is 24.3 Å². The van der Waals surface area contributed by atoms with E-state index in [1.165, 1.54) is 12.4 Å². The SMILES string of the molecule is O=C(N[C@H]1CC[C@H](Nc2cc(NC3CC3)c3ncc(C(=O)Nc4ccnc(Cl)c4)n3n2)CC1)OCCn1ccnc1. The van der Waals surface area contributed by atoms with Crippen LogP contribution in [0, 0.1) is 0 Å². The standard InChI is InChI=1S/C27H31ClN10O3/c28-23-13-20(7-8-30-23)34-26(39)22-15-31-25-21(32-17-1-2-17)14-24(36-38(22)25)33-18-3-5-19(6-4-18)35-27(40)41-12-11-37-10-9-29-16-37/h7-10,13-19,32H,1-6,11-12H2,(H,33,36)(H,35,40)(H,30,34,39)/t18-,19-. The highest BCUT2D eigenvalue weighted by molar-refractivity contribution is 6.29. The highest BCUT2D eigenvalue weighted by Crippen LogP contribution is 2.30. The topological polar surface area (TPSA) is 152 Å². The van der Waals surface area contributed by atoms with Crippen molar-refractivity contribution in [1.29, 1.82) is 0 Å². The highest BCUT2D eigenvalue weighted by atomic mass is 35.5. The molecule has 2 saturated carbocycles. The Morgan fingerprint density at radius 1 is 1.00 bits per heavy atom. The van der Waals surface area contributed by atoms with Crippen molar-refractivity contribution in [3.05, 3.63) is 60.2 Å². The molecular formula is C27H31ClN10O3. The Hall–Kier alpha value is -4.39. The first-order valence-electron chi connectivity index (χ1n) is 13.7. The molecule has 2 amide bonds. The normalized spacial score (nSPS) is 18.6. The van der Waals surface area contributed by atoms with Crippen molar-refractivity contribution in [2.75, 3.05) is 22.6 Å². The molecular weight excluding hydrogens is 548 g/mol. The van der Waals surface area contributed by atoms with Gasteiger partial charge in [0.25, 0.3) is 5.91 Å². The molecule has 4 heterocycles. The van der Waals surface area contributed by atoms with Gasteiger partial charge in [-0.3, -0.25) is 4.79 Å². The molecule has 6 rings (SSSR count). The van der Waals surface area contributed by atoms with Crippen LogP contribution in [0.25, 0.3) is 5.65 Å². The number of imidazole rings is 2. The van der Waals surface area contributed by atoms with Crippen LogP contribution < -0.4 is 21.3 Å². The van der Waals surface area contributed by atoms with Crippen LogP contribution in [0.3, 0.4) is 0 Å². The monoisotopic (exact) mass is 578 g/mol. The molecule has 13 nitrogen and oxygen atoms in total. The number of halogens is 1. The lowest BCUT2D eigenvalue weighted by molar-refractivity contribution is 0.102. The Balaban J connectivity index is 1.08. The second-order valence-corrected chi connectivity index (χ2v) is 10.7. The number of alkyl carbamates (subject to hydrolysis) is 1. The van der Waals surface area contributed by atoms with Crippen molar-refractivity contribution in [1.82, 2.24) is 34.4 Å². The molecule has 0 aromatic carbocycles. The Labute approximate surface area is 241 Å². The van der Waals surface area contributed by atoms with E-state index >= 15 is 0 Å². The summed E-state index contributed by atoms with van der Waals surface area (Å²) in [6.07, 6.45) is 13.4. The van der Waals surface area contributed by atoms with Gasteiger partial charge in [0.15, 0.2) is 11.3 Å². The summed E-state index contributed by atoms with van der Waals surface area (Å²) in [4.78, 5) is 37.8. The van der Waals surface area contributed by atoms with Crippen molar-refractivity contribution >= 4 is 46.4 Å². The molecule has 0 bridgehead atoms. The number of aromatic nitrogens is 6. The van der Waals surface area contributed by atoms with Crippen LogP contribution in [-0.2, 0) is 11.3 Å². The second-order valence-electron chi connectivity index (χ2n) is 10.3. The van der Waals surface area contributed by atoms with Gasteiger partial charge in [-0.15, -0.1) is 5.10 Å². The number of amides is 2. The van der Waals surface area contributed by atoms with E-state index in [4.69, 9.17) is 21.4 Å². The van der Waals surface area contributed by atoms with Crippen LogP contribution in [0.4, 0.5) is 22.0 Å². The summed E-state index contributed by atoms with van der Waals surface area (Å²) in [7, 11) is 0. The fourth-order valence-electron chi connectivity index (χ4n) is 4.89. The zero-order valence-electron chi connectivity index (χ0n) is 22.3. The minimum Gasteiger partial charge on any atom is -0.448 e. The molecule has 4 aromatic heterocycles. The van der Waals surface area contributed by atoms with E-state index in [2.05, 4.69) is 36.2 Å². The summed E-state index contributed by atoms with van der Waals surface area (Å²) in [6, 6.07) is 5.82. The van der Waals surface area contributed by atoms with Gasteiger partial charge in [0, 0.05) is 48.5 Å². The van der Waals surface area contributed by atoms with E-state index in [-0.39, 0.29) is 29.8 Å². The van der Waals surface area contributed by atoms with Crippen molar-refractivity contribution in [2.45, 2.75) is 63.2 Å². The zero-order valence-corrected chi connectivity index (χ0v) is 23.0. The van der Waals surface area contributed by atoms with E-state index < -0.39 is 6.09 Å². The first kappa shape index (κ1) is 26.8. The Kier molecular flexibility index (Phi) is 7.85. The number of rotatable bonds is 10. The molecule has 14 heteroatoms. The van der Waals surface area contributed by atoms with Gasteiger partial charge in [0.1, 0.15) is 17.6 Å². The molecule has 0 radical (unpaired) electrons.